The summed E-state index contributed by atoms with van der Waals surface area (Å²) in [4.78, 5) is 25.6. The number of fused-ring (bicyclic) bond motifs is 1. The minimum atomic E-state index is -3.77. The number of hydrogen-bond acceptors (Lipinski definition) is 9. The summed E-state index contributed by atoms with van der Waals surface area (Å²) >= 11 is 0. The van der Waals surface area contributed by atoms with Crippen LogP contribution in [0.15, 0.2) is 35.9 Å². The number of sulfone groups is 1. The van der Waals surface area contributed by atoms with Crippen molar-refractivity contribution in [1.82, 2.24) is 30.8 Å². The van der Waals surface area contributed by atoms with Crippen LogP contribution in [0.2, 0.25) is 0 Å². The van der Waals surface area contributed by atoms with Gasteiger partial charge in [0.2, 0.25) is 0 Å². The first-order valence-electron chi connectivity index (χ1n) is 8.90. The van der Waals surface area contributed by atoms with Gasteiger partial charge >= 0.3 is 6.09 Å². The van der Waals surface area contributed by atoms with Crippen molar-refractivity contribution in [2.75, 3.05) is 19.5 Å². The van der Waals surface area contributed by atoms with E-state index in [9.17, 15) is 18.0 Å². The minimum Gasteiger partial charge on any atom is -0.445 e. The van der Waals surface area contributed by atoms with Gasteiger partial charge in [0.1, 0.15) is 6.61 Å². The summed E-state index contributed by atoms with van der Waals surface area (Å²) in [7, 11) is -2.50. The monoisotopic (exact) mass is 434 g/mol. The van der Waals surface area contributed by atoms with Crippen LogP contribution in [0.1, 0.15) is 11.4 Å². The number of hydrogen-bond donors (Lipinski definition) is 2. The number of carbonyl (C=O) groups is 2. The van der Waals surface area contributed by atoms with Gasteiger partial charge in [0, 0.05) is 19.2 Å². The lowest BCUT2D eigenvalue weighted by Gasteiger charge is -2.48. The maximum Gasteiger partial charge on any atom is 0.407 e. The van der Waals surface area contributed by atoms with Gasteiger partial charge in [-0.1, -0.05) is 30.3 Å². The predicted octanol–water partition coefficient (Wildman–Crippen LogP) is -0.551. The van der Waals surface area contributed by atoms with Crippen molar-refractivity contribution in [3.8, 4) is 0 Å². The van der Waals surface area contributed by atoms with Crippen LogP contribution in [-0.4, -0.2) is 76.9 Å². The predicted molar refractivity (Wildman–Crippen MR) is 101 cm³/mol. The zero-order valence-corrected chi connectivity index (χ0v) is 16.6. The molecule has 30 heavy (non-hydrogen) atoms. The average molecular weight is 434 g/mol. The third kappa shape index (κ3) is 3.52. The Balaban J connectivity index is 1.54. The number of alkyl carbamates (subject to hydrolysis) is 1. The van der Waals surface area contributed by atoms with Gasteiger partial charge < -0.3 is 14.8 Å². The van der Waals surface area contributed by atoms with E-state index in [1.165, 1.54) is 7.11 Å². The lowest BCUT2D eigenvalue weighted by Crippen LogP contribution is -2.69. The third-order valence-electron chi connectivity index (χ3n) is 4.79. The van der Waals surface area contributed by atoms with E-state index in [1.807, 2.05) is 30.3 Å². The highest BCUT2D eigenvalue weighted by atomic mass is 32.2. The molecule has 2 amide bonds. The molecule has 2 aliphatic rings. The number of H-pyrrole nitrogens is 1. The molecule has 12 nitrogen and oxygen atoms in total. The van der Waals surface area contributed by atoms with Crippen molar-refractivity contribution in [3.05, 3.63) is 47.3 Å². The second-order valence-corrected chi connectivity index (χ2v) is 8.78. The Morgan fingerprint density at radius 1 is 1.33 bits per heavy atom. The smallest absolute Gasteiger partial charge is 0.407 e. The summed E-state index contributed by atoms with van der Waals surface area (Å²) in [5.41, 5.74) is 1.23. The summed E-state index contributed by atoms with van der Waals surface area (Å²) in [5, 5.41) is 14.7. The highest BCUT2D eigenvalue weighted by Gasteiger charge is 2.60. The van der Waals surface area contributed by atoms with Gasteiger partial charge in [-0.05, 0) is 16.0 Å². The van der Waals surface area contributed by atoms with Crippen molar-refractivity contribution in [3.63, 3.8) is 0 Å². The maximum atomic E-state index is 12.7. The number of methoxy groups -OCH3 is 1. The molecule has 0 radical (unpaired) electrons. The molecule has 2 N–H and O–H groups in total. The van der Waals surface area contributed by atoms with Crippen molar-refractivity contribution >= 4 is 27.5 Å². The molecule has 1 saturated heterocycles. The molecular formula is C17H18N6O6S. The minimum absolute atomic E-state index is 0.0982. The quantitative estimate of drug-likeness (QED) is 0.569. The molecule has 4 rings (SSSR count). The fraction of sp³-hybridized carbons (Fsp3) is 0.353. The molecule has 0 aliphatic carbocycles. The molecular weight excluding hydrogens is 416 g/mol. The number of carbonyl (C=O) groups excluding carboxylic acids is 2. The fourth-order valence-electron chi connectivity index (χ4n) is 3.43. The Bertz CT molecular complexity index is 1090. The maximum absolute atomic E-state index is 12.7. The second kappa shape index (κ2) is 7.84. The van der Waals surface area contributed by atoms with Gasteiger partial charge in [0.15, 0.2) is 27.1 Å². The lowest BCUT2D eigenvalue weighted by molar-refractivity contribution is -0.156. The van der Waals surface area contributed by atoms with Crippen molar-refractivity contribution in [2.24, 2.45) is 0 Å². The third-order valence-corrected chi connectivity index (χ3v) is 6.74. The molecule has 0 saturated carbocycles. The Morgan fingerprint density at radius 2 is 2.10 bits per heavy atom. The fourth-order valence-corrected chi connectivity index (χ4v) is 5.44. The average Bonchev–Trinajstić information content (AvgIpc) is 3.26. The molecule has 3 heterocycles. The van der Waals surface area contributed by atoms with Gasteiger partial charge in [-0.3, -0.25) is 9.69 Å². The summed E-state index contributed by atoms with van der Waals surface area (Å²) in [5.74, 6) is -0.868. The molecule has 2 atom stereocenters. The van der Waals surface area contributed by atoms with Crippen LogP contribution < -0.4 is 5.32 Å². The molecule has 0 spiro atoms. The zero-order valence-electron chi connectivity index (χ0n) is 15.8. The van der Waals surface area contributed by atoms with Gasteiger partial charge in [-0.15, -0.1) is 5.10 Å². The van der Waals surface area contributed by atoms with E-state index < -0.39 is 39.1 Å². The number of nitrogens with zero attached hydrogens (tertiary/aromatic N) is 4. The standard InChI is InChI=1S/C17H18N6O6S/c1-28-13-15(24)23-12(14-19-21-22-20-14)11(9-30(26,27)16(13)23)8-29-17(25)18-7-10-5-3-2-4-6-10/h2-6,13,16H,7-9H2,1H3,(H,18,25)(H,19,20,21,22)/t13-,16-/m0/s1. The van der Waals surface area contributed by atoms with Crippen molar-refractivity contribution in [1.29, 1.82) is 0 Å². The van der Waals surface area contributed by atoms with Gasteiger partial charge in [0.05, 0.1) is 11.4 Å². The number of aromatic nitrogens is 4. The molecule has 1 aromatic heterocycles. The van der Waals surface area contributed by atoms with Crippen LogP contribution in [0.5, 0.6) is 0 Å². The Hall–Kier alpha value is -3.32. The van der Waals surface area contributed by atoms with Gasteiger partial charge in [-0.2, -0.15) is 0 Å². The first-order valence-corrected chi connectivity index (χ1v) is 10.6. The van der Waals surface area contributed by atoms with Gasteiger partial charge in [-0.25, -0.2) is 18.3 Å². The first kappa shape index (κ1) is 20.0. The number of nitrogens with one attached hydrogen (secondary N) is 2. The summed E-state index contributed by atoms with van der Waals surface area (Å²) in [6.45, 7) is -0.109. The molecule has 2 aromatic rings. The number of β-lactam (4-membered cyclic amide) rings is 1. The van der Waals surface area contributed by atoms with E-state index in [0.29, 0.717) is 0 Å². The Morgan fingerprint density at radius 3 is 2.77 bits per heavy atom. The molecule has 0 unspecified atom stereocenters. The second-order valence-electron chi connectivity index (χ2n) is 6.68. The molecule has 0 bridgehead atoms. The molecule has 1 fully saturated rings. The largest absolute Gasteiger partial charge is 0.445 e. The van der Waals surface area contributed by atoms with Crippen LogP contribution >= 0.6 is 0 Å². The Kier molecular flexibility index (Phi) is 5.22. The van der Waals surface area contributed by atoms with Crippen LogP contribution in [0, 0.1) is 0 Å². The van der Waals surface area contributed by atoms with Gasteiger partial charge in [0.25, 0.3) is 5.91 Å². The number of ether oxygens (including phenoxy) is 2. The number of rotatable bonds is 6. The van der Waals surface area contributed by atoms with Crippen molar-refractivity contribution in [2.45, 2.75) is 18.0 Å². The topological polar surface area (TPSA) is 156 Å². The number of tetrazole rings is 1. The summed E-state index contributed by atoms with van der Waals surface area (Å²) in [6, 6.07) is 9.22. The highest BCUT2D eigenvalue weighted by Crippen LogP contribution is 2.40. The van der Waals surface area contributed by atoms with Crippen LogP contribution in [0.3, 0.4) is 0 Å². The lowest BCUT2D eigenvalue weighted by atomic mass is 10.1. The van der Waals surface area contributed by atoms with Crippen LogP contribution in [-0.2, 0) is 30.7 Å². The van der Waals surface area contributed by atoms with Crippen LogP contribution in [0.25, 0.3) is 5.70 Å². The number of amides is 2. The zero-order chi connectivity index (χ0) is 21.3. The van der Waals surface area contributed by atoms with E-state index in [1.54, 1.807) is 0 Å². The molecule has 2 aliphatic heterocycles. The first-order chi connectivity index (χ1) is 14.4. The van der Waals surface area contributed by atoms with E-state index in [2.05, 4.69) is 25.9 Å². The SMILES string of the molecule is CO[C@H]1C(=O)N2C(c3nnn[nH]3)=C(COC(=O)NCc3ccccc3)CS(=O)(=O)[C@@H]12. The van der Waals surface area contributed by atoms with Crippen LogP contribution in [0.4, 0.5) is 4.79 Å². The number of aromatic amines is 1. The van der Waals surface area contributed by atoms with E-state index in [0.717, 1.165) is 10.5 Å². The molecule has 13 heteroatoms. The highest BCUT2D eigenvalue weighted by molar-refractivity contribution is 7.92. The summed E-state index contributed by atoms with van der Waals surface area (Å²) < 4.78 is 35.6. The van der Waals surface area contributed by atoms with E-state index in [-0.39, 0.29) is 30.2 Å². The number of benzene rings is 1. The molecule has 1 aromatic carbocycles. The Labute approximate surface area is 171 Å². The molecule has 158 valence electrons. The normalized spacial score (nSPS) is 22.3. The van der Waals surface area contributed by atoms with E-state index >= 15 is 0 Å². The van der Waals surface area contributed by atoms with Crippen molar-refractivity contribution < 1.29 is 27.5 Å². The summed E-state index contributed by atoms with van der Waals surface area (Å²) in [6.07, 6.45) is -1.83. The van der Waals surface area contributed by atoms with E-state index in [4.69, 9.17) is 9.47 Å².